The van der Waals surface area contributed by atoms with E-state index in [2.05, 4.69) is 66.5 Å². The summed E-state index contributed by atoms with van der Waals surface area (Å²) in [5.74, 6) is 0. The summed E-state index contributed by atoms with van der Waals surface area (Å²) >= 11 is 3.55. The number of hydrogen-bond donors (Lipinski definition) is 0. The average molecular weight is 266 g/mol. The molecule has 0 saturated carbocycles. The molecular weight excluding hydrogens is 250 g/mol. The summed E-state index contributed by atoms with van der Waals surface area (Å²) in [6.07, 6.45) is 0. The molecule has 1 aromatic carbocycles. The smallest absolute Gasteiger partial charge is 0.0450 e. The van der Waals surface area contributed by atoms with Gasteiger partial charge in [-0.2, -0.15) is 0 Å². The van der Waals surface area contributed by atoms with Crippen LogP contribution in [-0.2, 0) is 10.7 Å². The van der Waals surface area contributed by atoms with Crippen molar-refractivity contribution >= 4 is 21.6 Å². The van der Waals surface area contributed by atoms with Gasteiger partial charge in [0.05, 0.1) is 0 Å². The van der Waals surface area contributed by atoms with Crippen LogP contribution in [0, 0.1) is 0 Å². The molecule has 0 atom stereocenters. The highest BCUT2D eigenvalue weighted by Crippen LogP contribution is 2.47. The van der Waals surface area contributed by atoms with Gasteiger partial charge in [0.2, 0.25) is 0 Å². The van der Waals surface area contributed by atoms with E-state index >= 15 is 0 Å². The first-order valence-corrected chi connectivity index (χ1v) is 6.23. The van der Waals surface area contributed by atoms with Crippen LogP contribution in [0.25, 0.3) is 0 Å². The van der Waals surface area contributed by atoms with Gasteiger partial charge in [-0.15, -0.1) is 0 Å². The molecule has 0 spiro atoms. The van der Waals surface area contributed by atoms with Gasteiger partial charge in [-0.25, -0.2) is 0 Å². The lowest BCUT2D eigenvalue weighted by Crippen LogP contribution is -2.22. The van der Waals surface area contributed by atoms with Crippen molar-refractivity contribution in [2.75, 3.05) is 11.9 Å². The minimum absolute atomic E-state index is 0.0500. The number of benzene rings is 1. The zero-order valence-electron chi connectivity index (χ0n) is 9.47. The van der Waals surface area contributed by atoms with Crippen molar-refractivity contribution in [3.63, 3.8) is 0 Å². The Labute approximate surface area is 99.9 Å². The lowest BCUT2D eigenvalue weighted by molar-refractivity contribution is 0.639. The maximum absolute atomic E-state index is 4.19. The normalized spacial score (nSPS) is 18.1. The number of likely N-dealkylation sites (N-methyl/N-ethyl adjacent to an activating group) is 1. The minimum Gasteiger partial charge on any atom is -0.348 e. The molecule has 1 aromatic rings. The molecule has 1 aliphatic rings. The zero-order chi connectivity index (χ0) is 11.2. The molecule has 0 unspecified atom stereocenters. The van der Waals surface area contributed by atoms with Crippen molar-refractivity contribution < 1.29 is 0 Å². The monoisotopic (exact) mass is 265 g/mol. The molecule has 1 nitrogen and oxygen atoms in total. The largest absolute Gasteiger partial charge is 0.348 e. The van der Waals surface area contributed by atoms with Crippen LogP contribution in [-0.4, -0.2) is 7.05 Å². The summed E-state index contributed by atoms with van der Waals surface area (Å²) in [6, 6.07) is 6.46. The Morgan fingerprint density at radius 2 is 2.07 bits per heavy atom. The first-order valence-electron chi connectivity index (χ1n) is 5.11. The van der Waals surface area contributed by atoms with Gasteiger partial charge in [-0.1, -0.05) is 48.5 Å². The molecule has 1 heterocycles. The summed E-state index contributed by atoms with van der Waals surface area (Å²) < 4.78 is 0. The van der Waals surface area contributed by atoms with Crippen LogP contribution in [0.2, 0.25) is 0 Å². The zero-order valence-corrected chi connectivity index (χ0v) is 11.1. The van der Waals surface area contributed by atoms with Crippen molar-refractivity contribution in [3.8, 4) is 0 Å². The number of allylic oxidation sites excluding steroid dienone is 1. The lowest BCUT2D eigenvalue weighted by atomic mass is 9.82. The van der Waals surface area contributed by atoms with E-state index in [9.17, 15) is 0 Å². The first kappa shape index (κ1) is 10.7. The number of halogens is 1. The summed E-state index contributed by atoms with van der Waals surface area (Å²) in [4.78, 5) is 2.20. The molecule has 0 fully saturated rings. The van der Waals surface area contributed by atoms with E-state index in [4.69, 9.17) is 0 Å². The highest BCUT2D eigenvalue weighted by molar-refractivity contribution is 9.08. The number of nitrogens with zero attached hydrogens (tertiary/aromatic N) is 1. The molecule has 0 bridgehead atoms. The van der Waals surface area contributed by atoms with Crippen LogP contribution < -0.4 is 4.90 Å². The van der Waals surface area contributed by atoms with Crippen molar-refractivity contribution in [2.45, 2.75) is 24.6 Å². The van der Waals surface area contributed by atoms with Gasteiger partial charge in [0, 0.05) is 29.2 Å². The van der Waals surface area contributed by atoms with Gasteiger partial charge in [0.15, 0.2) is 0 Å². The second kappa shape index (κ2) is 3.38. The third-order valence-electron chi connectivity index (χ3n) is 3.39. The Balaban J connectivity index is 2.72. The average Bonchev–Trinajstić information content (AvgIpc) is 2.41. The van der Waals surface area contributed by atoms with Crippen LogP contribution in [0.1, 0.15) is 25.0 Å². The molecule has 0 amide bonds. The van der Waals surface area contributed by atoms with Gasteiger partial charge in [-0.05, 0) is 17.2 Å². The van der Waals surface area contributed by atoms with Crippen molar-refractivity contribution in [1.29, 1.82) is 0 Å². The van der Waals surface area contributed by atoms with Gasteiger partial charge < -0.3 is 4.90 Å². The molecule has 2 heteroatoms. The fourth-order valence-corrected chi connectivity index (χ4v) is 2.88. The number of rotatable bonds is 1. The van der Waals surface area contributed by atoms with Crippen molar-refractivity contribution in [1.82, 2.24) is 0 Å². The minimum atomic E-state index is 0.0500. The third kappa shape index (κ3) is 1.35. The first-order chi connectivity index (χ1) is 7.00. The van der Waals surface area contributed by atoms with Crippen LogP contribution in [0.3, 0.4) is 0 Å². The second-order valence-electron chi connectivity index (χ2n) is 4.58. The molecule has 0 aliphatic carbocycles. The summed E-state index contributed by atoms with van der Waals surface area (Å²) in [6.45, 7) is 8.67. The van der Waals surface area contributed by atoms with Crippen molar-refractivity contribution in [3.05, 3.63) is 41.6 Å². The van der Waals surface area contributed by atoms with Crippen LogP contribution in [0.5, 0.6) is 0 Å². The summed E-state index contributed by atoms with van der Waals surface area (Å²) in [7, 11) is 2.09. The predicted molar refractivity (Wildman–Crippen MR) is 69.6 cm³/mol. The molecule has 0 N–H and O–H groups in total. The Morgan fingerprint density at radius 3 is 2.67 bits per heavy atom. The molecule has 0 aromatic heterocycles. The van der Waals surface area contributed by atoms with Gasteiger partial charge in [0.1, 0.15) is 0 Å². The lowest BCUT2D eigenvalue weighted by Gasteiger charge is -2.23. The van der Waals surface area contributed by atoms with Gasteiger partial charge in [0.25, 0.3) is 0 Å². The highest BCUT2D eigenvalue weighted by atomic mass is 79.9. The quantitative estimate of drug-likeness (QED) is 0.698. The van der Waals surface area contributed by atoms with Crippen LogP contribution >= 0.6 is 15.9 Å². The second-order valence-corrected chi connectivity index (χ2v) is 5.14. The number of hydrogen-bond acceptors (Lipinski definition) is 1. The van der Waals surface area contributed by atoms with Gasteiger partial charge in [-0.3, -0.25) is 0 Å². The van der Waals surface area contributed by atoms with E-state index in [-0.39, 0.29) is 5.41 Å². The summed E-state index contributed by atoms with van der Waals surface area (Å²) in [5.41, 5.74) is 5.29. The number of alkyl halides is 1. The molecular formula is C13H16BrN. The molecule has 15 heavy (non-hydrogen) atoms. The Kier molecular flexibility index (Phi) is 2.42. The number of anilines is 1. The van der Waals surface area contributed by atoms with E-state index in [1.807, 2.05) is 0 Å². The molecule has 0 radical (unpaired) electrons. The molecule has 80 valence electrons. The fraction of sp³-hybridized carbons (Fsp3) is 0.385. The maximum Gasteiger partial charge on any atom is 0.0450 e. The van der Waals surface area contributed by atoms with Crippen LogP contribution in [0.4, 0.5) is 5.69 Å². The highest BCUT2D eigenvalue weighted by Gasteiger charge is 2.38. The Bertz CT molecular complexity index is 421. The van der Waals surface area contributed by atoms with Crippen LogP contribution in [0.15, 0.2) is 30.5 Å². The SMILES string of the molecule is C=C1N(C)c2cccc(CBr)c2C1(C)C. The molecule has 2 rings (SSSR count). The van der Waals surface area contributed by atoms with E-state index in [0.717, 1.165) is 5.33 Å². The maximum atomic E-state index is 4.19. The topological polar surface area (TPSA) is 3.24 Å². The molecule has 0 saturated heterocycles. The van der Waals surface area contributed by atoms with E-state index in [0.29, 0.717) is 0 Å². The number of fused-ring (bicyclic) bond motifs is 1. The predicted octanol–water partition coefficient (Wildman–Crippen LogP) is 3.82. The Hall–Kier alpha value is -0.760. The summed E-state index contributed by atoms with van der Waals surface area (Å²) in [5, 5.41) is 0.903. The van der Waals surface area contributed by atoms with Crippen molar-refractivity contribution in [2.24, 2.45) is 0 Å². The standard InChI is InChI=1S/C13H16BrN/c1-9-13(2,3)12-10(8-14)6-5-7-11(12)15(9)4/h5-7H,1,8H2,2-4H3. The molecule has 1 aliphatic heterocycles. The van der Waals surface area contributed by atoms with E-state index < -0.39 is 0 Å². The third-order valence-corrected chi connectivity index (χ3v) is 3.99. The van der Waals surface area contributed by atoms with Gasteiger partial charge >= 0.3 is 0 Å². The van der Waals surface area contributed by atoms with E-state index in [1.165, 1.54) is 22.5 Å². The van der Waals surface area contributed by atoms with E-state index in [1.54, 1.807) is 0 Å². The Morgan fingerprint density at radius 1 is 1.40 bits per heavy atom. The fourth-order valence-electron chi connectivity index (χ4n) is 2.41.